The molecule has 0 amide bonds. The molecule has 0 aliphatic rings. The van der Waals surface area contributed by atoms with Gasteiger partial charge in [0.2, 0.25) is 0 Å². The van der Waals surface area contributed by atoms with Crippen molar-refractivity contribution in [2.75, 3.05) is 0 Å². The summed E-state index contributed by atoms with van der Waals surface area (Å²) < 4.78 is 2.23. The topological polar surface area (TPSA) is 33.6 Å². The SMILES string of the molecule is Cc1ccc2nc(-c3c(C)n(C)c4ccccc34)[nH]c2c1. The highest BCUT2D eigenvalue weighted by Crippen LogP contribution is 2.33. The van der Waals surface area contributed by atoms with Gasteiger partial charge in [-0.1, -0.05) is 24.3 Å². The lowest BCUT2D eigenvalue weighted by Gasteiger charge is -1.98. The molecule has 3 nitrogen and oxygen atoms in total. The Hall–Kier alpha value is -2.55. The van der Waals surface area contributed by atoms with Crippen molar-refractivity contribution in [1.82, 2.24) is 14.5 Å². The Morgan fingerprint density at radius 2 is 1.86 bits per heavy atom. The third kappa shape index (κ3) is 1.70. The molecule has 4 aromatic rings. The second-order valence-corrected chi connectivity index (χ2v) is 5.64. The largest absolute Gasteiger partial charge is 0.347 e. The molecule has 0 aliphatic heterocycles. The molecule has 0 atom stereocenters. The molecule has 4 rings (SSSR count). The van der Waals surface area contributed by atoms with Gasteiger partial charge in [0.15, 0.2) is 0 Å². The molecular formula is C18H17N3. The van der Waals surface area contributed by atoms with E-state index in [2.05, 4.69) is 72.9 Å². The van der Waals surface area contributed by atoms with Gasteiger partial charge in [-0.3, -0.25) is 0 Å². The van der Waals surface area contributed by atoms with Crippen LogP contribution < -0.4 is 0 Å². The van der Waals surface area contributed by atoms with Crippen LogP contribution >= 0.6 is 0 Å². The highest BCUT2D eigenvalue weighted by Gasteiger charge is 2.16. The first-order chi connectivity index (χ1) is 10.1. The molecule has 0 saturated carbocycles. The molecule has 2 aromatic carbocycles. The number of aromatic amines is 1. The summed E-state index contributed by atoms with van der Waals surface area (Å²) in [5, 5.41) is 1.24. The van der Waals surface area contributed by atoms with Gasteiger partial charge < -0.3 is 9.55 Å². The normalized spacial score (nSPS) is 11.6. The van der Waals surface area contributed by atoms with Crippen LogP contribution in [0.4, 0.5) is 0 Å². The van der Waals surface area contributed by atoms with Crippen LogP contribution in [0.2, 0.25) is 0 Å². The highest BCUT2D eigenvalue weighted by atomic mass is 15.0. The van der Waals surface area contributed by atoms with Gasteiger partial charge in [0.1, 0.15) is 5.82 Å². The van der Waals surface area contributed by atoms with Crippen LogP contribution in [0.15, 0.2) is 42.5 Å². The molecule has 0 aliphatic carbocycles. The van der Waals surface area contributed by atoms with Crippen molar-refractivity contribution in [3.8, 4) is 11.4 Å². The number of rotatable bonds is 1. The van der Waals surface area contributed by atoms with Crippen LogP contribution in [0.25, 0.3) is 33.3 Å². The molecule has 2 aromatic heterocycles. The van der Waals surface area contributed by atoms with Crippen LogP contribution in [0, 0.1) is 13.8 Å². The van der Waals surface area contributed by atoms with Crippen molar-refractivity contribution in [3.05, 3.63) is 53.7 Å². The first-order valence-corrected chi connectivity index (χ1v) is 7.16. The van der Waals surface area contributed by atoms with Crippen molar-refractivity contribution >= 4 is 21.9 Å². The number of para-hydroxylation sites is 1. The molecule has 1 N–H and O–H groups in total. The molecule has 0 bridgehead atoms. The highest BCUT2D eigenvalue weighted by molar-refractivity contribution is 5.97. The van der Waals surface area contributed by atoms with Gasteiger partial charge in [-0.2, -0.15) is 0 Å². The molecule has 0 radical (unpaired) electrons. The van der Waals surface area contributed by atoms with E-state index in [-0.39, 0.29) is 0 Å². The second kappa shape index (κ2) is 4.22. The molecule has 3 heteroatoms. The quantitative estimate of drug-likeness (QED) is 0.551. The van der Waals surface area contributed by atoms with Gasteiger partial charge in [-0.05, 0) is 37.6 Å². The number of aromatic nitrogens is 3. The first-order valence-electron chi connectivity index (χ1n) is 7.16. The average molecular weight is 275 g/mol. The predicted molar refractivity (Wildman–Crippen MR) is 87.5 cm³/mol. The minimum absolute atomic E-state index is 0.949. The average Bonchev–Trinajstić information content (AvgIpc) is 2.99. The zero-order valence-corrected chi connectivity index (χ0v) is 12.4. The number of hydrogen-bond acceptors (Lipinski definition) is 1. The van der Waals surface area contributed by atoms with Crippen LogP contribution in [0.5, 0.6) is 0 Å². The van der Waals surface area contributed by atoms with E-state index in [4.69, 9.17) is 4.98 Å². The number of fused-ring (bicyclic) bond motifs is 2. The maximum absolute atomic E-state index is 4.78. The summed E-state index contributed by atoms with van der Waals surface area (Å²) in [5.41, 5.74) is 7.02. The van der Waals surface area contributed by atoms with E-state index in [0.717, 1.165) is 16.9 Å². The molecule has 0 unspecified atom stereocenters. The molecular weight excluding hydrogens is 258 g/mol. The minimum Gasteiger partial charge on any atom is -0.347 e. The Kier molecular flexibility index (Phi) is 2.45. The van der Waals surface area contributed by atoms with Gasteiger partial charge in [0.05, 0.1) is 11.0 Å². The Morgan fingerprint density at radius 3 is 2.71 bits per heavy atom. The van der Waals surface area contributed by atoms with Gasteiger partial charge in [-0.25, -0.2) is 4.98 Å². The summed E-state index contributed by atoms with van der Waals surface area (Å²) in [6.07, 6.45) is 0. The van der Waals surface area contributed by atoms with Gasteiger partial charge in [0, 0.05) is 29.2 Å². The summed E-state index contributed by atoms with van der Waals surface area (Å²) in [6.45, 7) is 4.25. The Labute approximate surface area is 123 Å². The second-order valence-electron chi connectivity index (χ2n) is 5.64. The minimum atomic E-state index is 0.949. The summed E-state index contributed by atoms with van der Waals surface area (Å²) in [4.78, 5) is 8.25. The third-order valence-corrected chi connectivity index (χ3v) is 4.27. The van der Waals surface area contributed by atoms with Crippen molar-refractivity contribution in [1.29, 1.82) is 0 Å². The van der Waals surface area contributed by atoms with E-state index in [1.165, 1.54) is 27.7 Å². The van der Waals surface area contributed by atoms with Crippen molar-refractivity contribution in [2.24, 2.45) is 7.05 Å². The lowest BCUT2D eigenvalue weighted by Crippen LogP contribution is -1.90. The molecule has 104 valence electrons. The summed E-state index contributed by atoms with van der Waals surface area (Å²) >= 11 is 0. The fraction of sp³-hybridized carbons (Fsp3) is 0.167. The summed E-state index contributed by atoms with van der Waals surface area (Å²) in [5.74, 6) is 0.949. The Bertz CT molecular complexity index is 973. The Balaban J connectivity index is 2.06. The molecule has 0 saturated heterocycles. The van der Waals surface area contributed by atoms with Crippen molar-refractivity contribution < 1.29 is 0 Å². The number of nitrogens with zero attached hydrogens (tertiary/aromatic N) is 2. The van der Waals surface area contributed by atoms with Crippen LogP contribution in [-0.4, -0.2) is 14.5 Å². The molecule has 21 heavy (non-hydrogen) atoms. The van der Waals surface area contributed by atoms with Gasteiger partial charge in [-0.15, -0.1) is 0 Å². The van der Waals surface area contributed by atoms with Crippen LogP contribution in [-0.2, 0) is 7.05 Å². The zero-order valence-electron chi connectivity index (χ0n) is 12.4. The summed E-state index contributed by atoms with van der Waals surface area (Å²) in [7, 11) is 2.11. The van der Waals surface area contributed by atoms with E-state index in [1.807, 2.05) is 0 Å². The predicted octanol–water partition coefficient (Wildman–Crippen LogP) is 4.34. The van der Waals surface area contributed by atoms with Crippen molar-refractivity contribution in [2.45, 2.75) is 13.8 Å². The molecule has 2 heterocycles. The van der Waals surface area contributed by atoms with Crippen LogP contribution in [0.3, 0.4) is 0 Å². The molecule has 0 fully saturated rings. The summed E-state index contributed by atoms with van der Waals surface area (Å²) in [6, 6.07) is 14.8. The standard InChI is InChI=1S/C18H17N3/c1-11-8-9-14-15(10-11)20-18(19-14)17-12(2)21(3)16-7-5-4-6-13(16)17/h4-10H,1-3H3,(H,19,20). The Morgan fingerprint density at radius 1 is 1.05 bits per heavy atom. The van der Waals surface area contributed by atoms with Crippen LogP contribution in [0.1, 0.15) is 11.3 Å². The first kappa shape index (κ1) is 12.2. The maximum atomic E-state index is 4.78. The van der Waals surface area contributed by atoms with E-state index < -0.39 is 0 Å². The van der Waals surface area contributed by atoms with E-state index in [1.54, 1.807) is 0 Å². The van der Waals surface area contributed by atoms with Crippen molar-refractivity contribution in [3.63, 3.8) is 0 Å². The fourth-order valence-corrected chi connectivity index (χ4v) is 3.06. The zero-order chi connectivity index (χ0) is 14.6. The number of hydrogen-bond donors (Lipinski definition) is 1. The smallest absolute Gasteiger partial charge is 0.140 e. The number of aryl methyl sites for hydroxylation is 2. The lowest BCUT2D eigenvalue weighted by atomic mass is 10.1. The van der Waals surface area contributed by atoms with Gasteiger partial charge in [0.25, 0.3) is 0 Å². The number of benzene rings is 2. The number of H-pyrrole nitrogens is 1. The fourth-order valence-electron chi connectivity index (χ4n) is 3.06. The number of imidazole rings is 1. The van der Waals surface area contributed by atoms with E-state index in [9.17, 15) is 0 Å². The molecule has 0 spiro atoms. The van der Waals surface area contributed by atoms with E-state index >= 15 is 0 Å². The maximum Gasteiger partial charge on any atom is 0.140 e. The lowest BCUT2D eigenvalue weighted by molar-refractivity contribution is 0.918. The monoisotopic (exact) mass is 275 g/mol. The van der Waals surface area contributed by atoms with Gasteiger partial charge >= 0.3 is 0 Å². The number of nitrogens with one attached hydrogen (secondary N) is 1. The van der Waals surface area contributed by atoms with E-state index in [0.29, 0.717) is 0 Å². The third-order valence-electron chi connectivity index (χ3n) is 4.27.